The Morgan fingerprint density at radius 3 is 2.56 bits per heavy atom. The Kier molecular flexibility index (Phi) is 5.48. The van der Waals surface area contributed by atoms with Gasteiger partial charge in [0.05, 0.1) is 16.6 Å². The van der Waals surface area contributed by atoms with Gasteiger partial charge in [0.1, 0.15) is 5.75 Å². The van der Waals surface area contributed by atoms with Crippen LogP contribution in [0.25, 0.3) is 0 Å². The van der Waals surface area contributed by atoms with Crippen LogP contribution in [0.4, 0.5) is 13.2 Å². The molecule has 27 heavy (non-hydrogen) atoms. The summed E-state index contributed by atoms with van der Waals surface area (Å²) in [7, 11) is -3.47. The van der Waals surface area contributed by atoms with Crippen molar-refractivity contribution in [3.8, 4) is 5.75 Å². The van der Waals surface area contributed by atoms with Gasteiger partial charge in [-0.15, -0.1) is 24.5 Å². The van der Waals surface area contributed by atoms with E-state index < -0.39 is 33.1 Å². The molecule has 1 amide bonds. The van der Waals surface area contributed by atoms with E-state index in [1.807, 2.05) is 0 Å². The normalized spacial score (nSPS) is 20.1. The average Bonchev–Trinajstić information content (AvgIpc) is 3.05. The van der Waals surface area contributed by atoms with Gasteiger partial charge in [-0.25, -0.2) is 8.42 Å². The number of halogens is 3. The van der Waals surface area contributed by atoms with E-state index in [-0.39, 0.29) is 30.8 Å². The van der Waals surface area contributed by atoms with Crippen LogP contribution in [0, 0.1) is 0 Å². The summed E-state index contributed by atoms with van der Waals surface area (Å²) in [6.07, 6.45) is -4.74. The summed E-state index contributed by atoms with van der Waals surface area (Å²) in [5.41, 5.74) is -0.248. The van der Waals surface area contributed by atoms with Crippen molar-refractivity contribution in [3.05, 3.63) is 52.2 Å². The third kappa shape index (κ3) is 4.62. The molecular weight excluding hydrogens is 403 g/mol. The van der Waals surface area contributed by atoms with E-state index in [4.69, 9.17) is 0 Å². The summed E-state index contributed by atoms with van der Waals surface area (Å²) in [5, 5.41) is 1.07. The van der Waals surface area contributed by atoms with Crippen LogP contribution in [0.1, 0.15) is 26.9 Å². The molecule has 2 heterocycles. The Bertz CT molecular complexity index is 911. The molecule has 1 aromatic heterocycles. The summed E-state index contributed by atoms with van der Waals surface area (Å²) in [4.78, 5) is 14.7. The monoisotopic (exact) mass is 419 g/mol. The third-order valence-corrected chi connectivity index (χ3v) is 7.47. The minimum Gasteiger partial charge on any atom is -0.405 e. The molecule has 1 fully saturated rings. The maximum atomic E-state index is 12.7. The second-order valence-electron chi connectivity index (χ2n) is 6.00. The predicted molar refractivity (Wildman–Crippen MR) is 94.5 cm³/mol. The van der Waals surface area contributed by atoms with Crippen LogP contribution < -0.4 is 4.74 Å². The van der Waals surface area contributed by atoms with Gasteiger partial charge in [0.25, 0.3) is 5.91 Å². The lowest BCUT2D eigenvalue weighted by Gasteiger charge is -2.21. The molecule has 5 nitrogen and oxygen atoms in total. The number of benzene rings is 1. The minimum atomic E-state index is -4.93. The zero-order valence-corrected chi connectivity index (χ0v) is 15.6. The number of hydrogen-bond acceptors (Lipinski definition) is 5. The lowest BCUT2D eigenvalue weighted by molar-refractivity contribution is -0.274. The summed E-state index contributed by atoms with van der Waals surface area (Å²) >= 11 is 1.33. The van der Waals surface area contributed by atoms with E-state index in [9.17, 15) is 26.4 Å². The summed E-state index contributed by atoms with van der Waals surface area (Å²) in [6.45, 7) is 0.0460. The lowest BCUT2D eigenvalue weighted by Crippen LogP contribution is -2.34. The summed E-state index contributed by atoms with van der Waals surface area (Å²) in [5.74, 6) is -1.53. The first kappa shape index (κ1) is 19.7. The van der Waals surface area contributed by atoms with Crippen LogP contribution in [-0.2, 0) is 9.84 Å². The van der Waals surface area contributed by atoms with E-state index in [1.54, 1.807) is 17.5 Å². The van der Waals surface area contributed by atoms with Gasteiger partial charge in [0, 0.05) is 18.0 Å². The number of rotatable bonds is 3. The highest BCUT2D eigenvalue weighted by Crippen LogP contribution is 2.33. The van der Waals surface area contributed by atoms with Crippen LogP contribution in [0.2, 0.25) is 0 Å². The van der Waals surface area contributed by atoms with Crippen molar-refractivity contribution >= 4 is 27.1 Å². The molecule has 1 aromatic carbocycles. The molecule has 0 saturated carbocycles. The summed E-state index contributed by atoms with van der Waals surface area (Å²) in [6, 6.07) is 8.55. The van der Waals surface area contributed by atoms with E-state index in [0.717, 1.165) is 6.07 Å². The molecule has 2 aromatic rings. The van der Waals surface area contributed by atoms with Crippen LogP contribution in [0.3, 0.4) is 0 Å². The molecule has 3 rings (SSSR count). The second-order valence-corrected chi connectivity index (χ2v) is 9.28. The highest BCUT2D eigenvalue weighted by atomic mass is 32.2. The molecule has 10 heteroatoms. The van der Waals surface area contributed by atoms with Crippen molar-refractivity contribution in [2.45, 2.75) is 18.0 Å². The maximum absolute atomic E-state index is 12.7. The molecular formula is C17H16F3NO4S2. The van der Waals surface area contributed by atoms with Crippen LogP contribution >= 0.6 is 11.3 Å². The highest BCUT2D eigenvalue weighted by molar-refractivity contribution is 7.91. The fourth-order valence-electron chi connectivity index (χ4n) is 2.97. The molecule has 1 aliphatic heterocycles. The molecule has 1 atom stereocenters. The van der Waals surface area contributed by atoms with E-state index in [2.05, 4.69) is 4.74 Å². The lowest BCUT2D eigenvalue weighted by atomic mass is 10.1. The molecule has 0 N–H and O–H groups in total. The SMILES string of the molecule is O=C(c1ccccc1OC(F)(F)F)N1CCC(c2cccs2)S(=O)(=O)CC1. The number of para-hydroxylation sites is 1. The van der Waals surface area contributed by atoms with Gasteiger partial charge in [0.2, 0.25) is 0 Å². The van der Waals surface area contributed by atoms with Crippen molar-refractivity contribution in [2.24, 2.45) is 0 Å². The number of nitrogens with zero attached hydrogens (tertiary/aromatic N) is 1. The number of sulfone groups is 1. The van der Waals surface area contributed by atoms with E-state index >= 15 is 0 Å². The van der Waals surface area contributed by atoms with Crippen molar-refractivity contribution in [1.29, 1.82) is 0 Å². The van der Waals surface area contributed by atoms with Gasteiger partial charge in [-0.3, -0.25) is 4.79 Å². The van der Waals surface area contributed by atoms with Gasteiger partial charge >= 0.3 is 6.36 Å². The standard InChI is InChI=1S/C17H16F3NO4S2/c18-17(19,20)25-13-5-2-1-4-12(13)16(22)21-8-7-15(14-6-3-10-26-14)27(23,24)11-9-21/h1-6,10,15H,7-9,11H2. The second kappa shape index (κ2) is 7.51. The minimum absolute atomic E-state index is 0.0800. The predicted octanol–water partition coefficient (Wildman–Crippen LogP) is 3.65. The first-order chi connectivity index (χ1) is 12.7. The number of alkyl halides is 3. The maximum Gasteiger partial charge on any atom is 0.573 e. The molecule has 1 aliphatic rings. The van der Waals surface area contributed by atoms with Gasteiger partial charge in [-0.05, 0) is 30.0 Å². The molecule has 0 aliphatic carbocycles. The quantitative estimate of drug-likeness (QED) is 0.762. The molecule has 0 bridgehead atoms. The first-order valence-corrected chi connectivity index (χ1v) is 10.7. The number of hydrogen-bond donors (Lipinski definition) is 0. The number of ether oxygens (including phenoxy) is 1. The van der Waals surface area contributed by atoms with Crippen molar-refractivity contribution < 1.29 is 31.1 Å². The Hall–Kier alpha value is -2.07. The number of carbonyl (C=O) groups excluding carboxylic acids is 1. The van der Waals surface area contributed by atoms with Crippen molar-refractivity contribution in [2.75, 3.05) is 18.8 Å². The topological polar surface area (TPSA) is 63.7 Å². The molecule has 146 valence electrons. The Balaban J connectivity index is 1.83. The molecule has 1 unspecified atom stereocenters. The van der Waals surface area contributed by atoms with Crippen LogP contribution in [0.15, 0.2) is 41.8 Å². The van der Waals surface area contributed by atoms with E-state index in [0.29, 0.717) is 4.88 Å². The molecule has 1 saturated heterocycles. The van der Waals surface area contributed by atoms with Crippen LogP contribution in [-0.4, -0.2) is 44.4 Å². The van der Waals surface area contributed by atoms with Gasteiger partial charge in [-0.1, -0.05) is 18.2 Å². The van der Waals surface area contributed by atoms with Crippen molar-refractivity contribution in [1.82, 2.24) is 4.90 Å². The molecule has 0 radical (unpaired) electrons. The van der Waals surface area contributed by atoms with Crippen LogP contribution in [0.5, 0.6) is 5.75 Å². The number of amides is 1. The fourth-order valence-corrected chi connectivity index (χ4v) is 5.97. The third-order valence-electron chi connectivity index (χ3n) is 4.23. The van der Waals surface area contributed by atoms with Crippen molar-refractivity contribution in [3.63, 3.8) is 0 Å². The highest BCUT2D eigenvalue weighted by Gasteiger charge is 2.36. The number of thiophene rings is 1. The number of carbonyl (C=O) groups is 1. The Labute approximate surface area is 158 Å². The zero-order valence-electron chi connectivity index (χ0n) is 14.0. The van der Waals surface area contributed by atoms with E-state index in [1.165, 1.54) is 34.4 Å². The Morgan fingerprint density at radius 1 is 1.15 bits per heavy atom. The fraction of sp³-hybridized carbons (Fsp3) is 0.353. The largest absolute Gasteiger partial charge is 0.573 e. The summed E-state index contributed by atoms with van der Waals surface area (Å²) < 4.78 is 66.8. The average molecular weight is 419 g/mol. The van der Waals surface area contributed by atoms with Gasteiger partial charge in [0.15, 0.2) is 9.84 Å². The zero-order chi connectivity index (χ0) is 19.7. The molecule has 0 spiro atoms. The smallest absolute Gasteiger partial charge is 0.405 e. The van der Waals surface area contributed by atoms with Gasteiger partial charge < -0.3 is 9.64 Å². The van der Waals surface area contributed by atoms with Gasteiger partial charge in [-0.2, -0.15) is 0 Å². The first-order valence-electron chi connectivity index (χ1n) is 8.06. The Morgan fingerprint density at radius 2 is 1.89 bits per heavy atom.